The van der Waals surface area contributed by atoms with Crippen molar-refractivity contribution in [3.05, 3.63) is 65.5 Å². The summed E-state index contributed by atoms with van der Waals surface area (Å²) in [7, 11) is -3.76. The van der Waals surface area contributed by atoms with Crippen molar-refractivity contribution in [1.29, 1.82) is 0 Å². The second kappa shape index (κ2) is 8.32. The largest absolute Gasteiger partial charge is 0.466 e. The molecule has 0 unspecified atom stereocenters. The van der Waals surface area contributed by atoms with E-state index in [4.69, 9.17) is 4.74 Å². The number of rotatable bonds is 7. The molecule has 6 nitrogen and oxygen atoms in total. The lowest BCUT2D eigenvalue weighted by molar-refractivity contribution is -0.142. The van der Waals surface area contributed by atoms with E-state index in [1.54, 1.807) is 25.1 Å². The number of nitrogens with zero attached hydrogens (tertiary/aromatic N) is 1. The van der Waals surface area contributed by atoms with Gasteiger partial charge in [-0.2, -0.15) is 0 Å². The van der Waals surface area contributed by atoms with E-state index >= 15 is 0 Å². The van der Waals surface area contributed by atoms with E-state index in [1.165, 1.54) is 12.1 Å². The molecule has 8 heteroatoms. The molecular weight excluding hydrogens is 384 g/mol. The smallest absolute Gasteiger partial charge is 0.311 e. The molecule has 0 saturated carbocycles. The second-order valence-corrected chi connectivity index (χ2v) is 8.32. The lowest BCUT2D eigenvalue weighted by Crippen LogP contribution is -2.12. The average Bonchev–Trinajstić information content (AvgIpc) is 3.04. The van der Waals surface area contributed by atoms with Crippen LogP contribution in [0.4, 0.5) is 5.13 Å². The molecule has 2 aromatic carbocycles. The van der Waals surface area contributed by atoms with Crippen molar-refractivity contribution in [2.75, 3.05) is 11.3 Å². The summed E-state index contributed by atoms with van der Waals surface area (Å²) in [5, 5.41) is 0.206. The number of sulfonamides is 1. The maximum absolute atomic E-state index is 12.5. The number of aromatic nitrogens is 1. The minimum atomic E-state index is -3.76. The molecule has 0 amide bonds. The van der Waals surface area contributed by atoms with Gasteiger partial charge in [-0.15, -0.1) is 0 Å². The molecule has 0 aliphatic carbocycles. The van der Waals surface area contributed by atoms with Crippen molar-refractivity contribution in [2.24, 2.45) is 0 Å². The van der Waals surface area contributed by atoms with Crippen LogP contribution in [0.2, 0.25) is 0 Å². The van der Waals surface area contributed by atoms with Gasteiger partial charge in [-0.3, -0.25) is 9.52 Å². The minimum absolute atomic E-state index is 0.0306. The third-order valence-electron chi connectivity index (χ3n) is 3.63. The Kier molecular flexibility index (Phi) is 5.88. The summed E-state index contributed by atoms with van der Waals surface area (Å²) in [6, 6.07) is 17.4. The molecule has 3 rings (SSSR count). The average molecular weight is 402 g/mol. The highest BCUT2D eigenvalue weighted by Gasteiger charge is 2.21. The molecule has 1 aromatic heterocycles. The summed E-state index contributed by atoms with van der Waals surface area (Å²) in [5.74, 6) is -0.379. The van der Waals surface area contributed by atoms with Crippen molar-refractivity contribution >= 4 is 32.5 Å². The number of carbonyl (C=O) groups excluding carboxylic acids is 1. The van der Waals surface area contributed by atoms with E-state index < -0.39 is 10.0 Å². The Labute approximate surface area is 161 Å². The Bertz CT molecular complexity index is 1020. The number of hydrogen-bond acceptors (Lipinski definition) is 6. The van der Waals surface area contributed by atoms with Gasteiger partial charge >= 0.3 is 5.97 Å². The molecule has 0 fully saturated rings. The topological polar surface area (TPSA) is 85.4 Å². The molecule has 27 heavy (non-hydrogen) atoms. The van der Waals surface area contributed by atoms with Gasteiger partial charge in [-0.1, -0.05) is 59.9 Å². The monoisotopic (exact) mass is 402 g/mol. The molecule has 0 spiro atoms. The van der Waals surface area contributed by atoms with Gasteiger partial charge in [0.15, 0.2) is 5.13 Å². The number of hydrogen-bond donors (Lipinski definition) is 1. The second-order valence-electron chi connectivity index (χ2n) is 5.56. The summed E-state index contributed by atoms with van der Waals surface area (Å²) in [4.78, 5) is 17.1. The molecule has 3 aromatic rings. The highest BCUT2D eigenvalue weighted by Crippen LogP contribution is 2.32. The van der Waals surface area contributed by atoms with Gasteiger partial charge in [0.1, 0.15) is 0 Å². The molecule has 0 aliphatic rings. The number of carbonyl (C=O) groups is 1. The van der Waals surface area contributed by atoms with Crippen molar-refractivity contribution in [1.82, 2.24) is 4.98 Å². The summed E-state index contributed by atoms with van der Waals surface area (Å²) >= 11 is 1.13. The Hall–Kier alpha value is -2.71. The van der Waals surface area contributed by atoms with Gasteiger partial charge in [0.05, 0.1) is 23.6 Å². The normalized spacial score (nSPS) is 11.1. The third-order valence-corrected chi connectivity index (χ3v) is 6.08. The fraction of sp³-hybridized carbons (Fsp3) is 0.158. The predicted molar refractivity (Wildman–Crippen MR) is 105 cm³/mol. The zero-order valence-corrected chi connectivity index (χ0v) is 16.2. The van der Waals surface area contributed by atoms with Gasteiger partial charge in [0.25, 0.3) is 10.0 Å². The summed E-state index contributed by atoms with van der Waals surface area (Å²) in [6.07, 6.45) is 0.0306. The quantitative estimate of drug-likeness (QED) is 0.609. The third kappa shape index (κ3) is 4.72. The predicted octanol–water partition coefficient (Wildman–Crippen LogP) is 3.72. The zero-order chi connectivity index (χ0) is 19.3. The van der Waals surface area contributed by atoms with Crippen molar-refractivity contribution in [2.45, 2.75) is 18.2 Å². The Morgan fingerprint density at radius 3 is 2.33 bits per heavy atom. The van der Waals surface area contributed by atoms with E-state index in [1.807, 2.05) is 30.3 Å². The summed E-state index contributed by atoms with van der Waals surface area (Å²) in [6.45, 7) is 2.02. The molecule has 1 N–H and O–H groups in total. The molecule has 0 saturated heterocycles. The lowest BCUT2D eigenvalue weighted by Gasteiger charge is -2.04. The number of ether oxygens (including phenoxy) is 1. The van der Waals surface area contributed by atoms with Crippen LogP contribution < -0.4 is 4.72 Å². The number of thiazole rings is 1. The Morgan fingerprint density at radius 1 is 1.07 bits per heavy atom. The van der Waals surface area contributed by atoms with Gasteiger partial charge in [0, 0.05) is 10.4 Å². The number of anilines is 1. The van der Waals surface area contributed by atoms with Crippen LogP contribution in [0.1, 0.15) is 11.8 Å². The maximum atomic E-state index is 12.5. The van der Waals surface area contributed by atoms with Crippen molar-refractivity contribution in [3.8, 4) is 11.3 Å². The highest BCUT2D eigenvalue weighted by atomic mass is 32.2. The van der Waals surface area contributed by atoms with Crippen LogP contribution in [-0.2, 0) is 26.0 Å². The molecular formula is C19H18N2O4S2. The molecule has 1 heterocycles. The lowest BCUT2D eigenvalue weighted by atomic mass is 10.1. The van der Waals surface area contributed by atoms with Gasteiger partial charge in [-0.25, -0.2) is 13.4 Å². The highest BCUT2D eigenvalue weighted by molar-refractivity contribution is 7.93. The van der Waals surface area contributed by atoms with Crippen LogP contribution >= 0.6 is 11.3 Å². The first-order chi connectivity index (χ1) is 13.0. The van der Waals surface area contributed by atoms with E-state index in [-0.39, 0.29) is 29.0 Å². The fourth-order valence-corrected chi connectivity index (χ4v) is 4.68. The standard InChI is InChI=1S/C19H18N2O4S2/c1-2-25-17(22)13-16-18(14-9-5-3-6-10-14)20-19(26-16)21-27(23,24)15-11-7-4-8-12-15/h3-12H,2,13H2,1H3,(H,20,21). The maximum Gasteiger partial charge on any atom is 0.311 e. The number of nitrogens with one attached hydrogen (secondary N) is 1. The van der Waals surface area contributed by atoms with Gasteiger partial charge in [0.2, 0.25) is 0 Å². The van der Waals surface area contributed by atoms with E-state index in [0.29, 0.717) is 10.6 Å². The Balaban J connectivity index is 1.95. The SMILES string of the molecule is CCOC(=O)Cc1sc(NS(=O)(=O)c2ccccc2)nc1-c1ccccc1. The number of esters is 1. The molecule has 140 valence electrons. The first-order valence-corrected chi connectivity index (χ1v) is 10.6. The Morgan fingerprint density at radius 2 is 1.70 bits per heavy atom. The van der Waals surface area contributed by atoms with Crippen LogP contribution in [0, 0.1) is 0 Å². The first-order valence-electron chi connectivity index (χ1n) is 8.28. The van der Waals surface area contributed by atoms with E-state index in [9.17, 15) is 13.2 Å². The van der Waals surface area contributed by atoms with Crippen LogP contribution in [0.15, 0.2) is 65.6 Å². The molecule has 0 atom stereocenters. The first kappa shape index (κ1) is 19.1. The molecule has 0 aliphatic heterocycles. The summed E-state index contributed by atoms with van der Waals surface area (Å²) < 4.78 is 32.6. The fourth-order valence-electron chi connectivity index (χ4n) is 2.45. The van der Waals surface area contributed by atoms with Crippen molar-refractivity contribution < 1.29 is 17.9 Å². The zero-order valence-electron chi connectivity index (χ0n) is 14.6. The van der Waals surface area contributed by atoms with Gasteiger partial charge in [-0.05, 0) is 19.1 Å². The number of benzene rings is 2. The van der Waals surface area contributed by atoms with Crippen LogP contribution in [0.25, 0.3) is 11.3 Å². The molecule has 0 radical (unpaired) electrons. The van der Waals surface area contributed by atoms with Crippen LogP contribution in [-0.4, -0.2) is 26.0 Å². The van der Waals surface area contributed by atoms with Crippen molar-refractivity contribution in [3.63, 3.8) is 0 Å². The summed E-state index contributed by atoms with van der Waals surface area (Å²) in [5.41, 5.74) is 1.37. The van der Waals surface area contributed by atoms with E-state index in [2.05, 4.69) is 9.71 Å². The van der Waals surface area contributed by atoms with Crippen LogP contribution in [0.5, 0.6) is 0 Å². The minimum Gasteiger partial charge on any atom is -0.466 e. The van der Waals surface area contributed by atoms with Crippen LogP contribution in [0.3, 0.4) is 0 Å². The van der Waals surface area contributed by atoms with Gasteiger partial charge < -0.3 is 4.74 Å². The van der Waals surface area contributed by atoms with E-state index in [0.717, 1.165) is 16.9 Å². The molecule has 0 bridgehead atoms.